The molecule has 25 heavy (non-hydrogen) atoms. The van der Waals surface area contributed by atoms with Gasteiger partial charge < -0.3 is 4.90 Å². The number of carbonyl (C=O) groups is 2. The summed E-state index contributed by atoms with van der Waals surface area (Å²) in [5.41, 5.74) is 1.63. The van der Waals surface area contributed by atoms with Gasteiger partial charge >= 0.3 is 0 Å². The molecule has 5 heteroatoms. The van der Waals surface area contributed by atoms with Crippen LogP contribution >= 0.6 is 0 Å². The first-order valence-electron chi connectivity index (χ1n) is 8.80. The van der Waals surface area contributed by atoms with Gasteiger partial charge in [-0.05, 0) is 44.7 Å². The minimum Gasteiger partial charge on any atom is -0.341 e. The number of likely N-dealkylation sites (tertiary alicyclic amines) is 1. The monoisotopic (exact) mass is 339 g/mol. The van der Waals surface area contributed by atoms with Crippen LogP contribution in [0.25, 0.3) is 0 Å². The summed E-state index contributed by atoms with van der Waals surface area (Å²) >= 11 is 0. The van der Waals surface area contributed by atoms with Crippen LogP contribution in [0.2, 0.25) is 0 Å². The number of hydrogen-bond acceptors (Lipinski definition) is 3. The molecule has 1 saturated heterocycles. The van der Waals surface area contributed by atoms with Gasteiger partial charge in [-0.25, -0.2) is 0 Å². The Morgan fingerprint density at radius 2 is 1.80 bits per heavy atom. The molecule has 0 saturated carbocycles. The molecule has 132 valence electrons. The van der Waals surface area contributed by atoms with Gasteiger partial charge in [0.15, 0.2) is 0 Å². The SMILES string of the molecule is CC(=O)C1(c2ccccc2)CCN(C(=O)C(C)n2cc(C)cn2)CC1. The van der Waals surface area contributed by atoms with Crippen molar-refractivity contribution < 1.29 is 9.59 Å². The molecule has 2 aromatic rings. The average Bonchev–Trinajstić information content (AvgIpc) is 3.07. The third kappa shape index (κ3) is 3.23. The summed E-state index contributed by atoms with van der Waals surface area (Å²) in [6.45, 7) is 6.69. The number of nitrogens with zero attached hydrogens (tertiary/aromatic N) is 3. The number of rotatable bonds is 4. The van der Waals surface area contributed by atoms with Crippen molar-refractivity contribution >= 4 is 11.7 Å². The lowest BCUT2D eigenvalue weighted by molar-refractivity contribution is -0.138. The summed E-state index contributed by atoms with van der Waals surface area (Å²) in [7, 11) is 0. The van der Waals surface area contributed by atoms with Gasteiger partial charge in [-0.1, -0.05) is 30.3 Å². The van der Waals surface area contributed by atoms with Crippen molar-refractivity contribution in [1.82, 2.24) is 14.7 Å². The molecule has 1 unspecified atom stereocenters. The van der Waals surface area contributed by atoms with E-state index in [1.807, 2.05) is 55.3 Å². The highest BCUT2D eigenvalue weighted by molar-refractivity contribution is 5.89. The van der Waals surface area contributed by atoms with Crippen LogP contribution in [-0.4, -0.2) is 39.5 Å². The summed E-state index contributed by atoms with van der Waals surface area (Å²) in [6, 6.07) is 9.63. The summed E-state index contributed by atoms with van der Waals surface area (Å²) < 4.78 is 1.71. The fourth-order valence-electron chi connectivity index (χ4n) is 3.73. The van der Waals surface area contributed by atoms with Crippen molar-refractivity contribution in [3.63, 3.8) is 0 Å². The molecule has 5 nitrogen and oxygen atoms in total. The molecule has 1 atom stereocenters. The minimum absolute atomic E-state index is 0.0633. The van der Waals surface area contributed by atoms with Crippen molar-refractivity contribution in [2.45, 2.75) is 45.1 Å². The van der Waals surface area contributed by atoms with E-state index in [9.17, 15) is 9.59 Å². The van der Waals surface area contributed by atoms with Crippen LogP contribution < -0.4 is 0 Å². The lowest BCUT2D eigenvalue weighted by Crippen LogP contribution is -2.49. The van der Waals surface area contributed by atoms with Crippen LogP contribution in [0, 0.1) is 6.92 Å². The van der Waals surface area contributed by atoms with E-state index in [0.717, 1.165) is 11.1 Å². The maximum absolute atomic E-state index is 12.8. The summed E-state index contributed by atoms with van der Waals surface area (Å²) in [5, 5.41) is 4.25. The van der Waals surface area contributed by atoms with Gasteiger partial charge in [0.25, 0.3) is 0 Å². The number of hydrogen-bond donors (Lipinski definition) is 0. The van der Waals surface area contributed by atoms with Crippen LogP contribution in [0.3, 0.4) is 0 Å². The van der Waals surface area contributed by atoms with Gasteiger partial charge in [0.2, 0.25) is 5.91 Å². The van der Waals surface area contributed by atoms with Gasteiger partial charge in [-0.3, -0.25) is 14.3 Å². The summed E-state index contributed by atoms with van der Waals surface area (Å²) in [5.74, 6) is 0.245. The molecule has 0 aliphatic carbocycles. The fraction of sp³-hybridized carbons (Fsp3) is 0.450. The number of amides is 1. The molecular formula is C20H25N3O2. The second kappa shape index (κ2) is 6.82. The highest BCUT2D eigenvalue weighted by Gasteiger charge is 2.41. The molecule has 1 aromatic heterocycles. The number of Topliss-reactive ketones (excluding diaryl/α,β-unsaturated/α-hetero) is 1. The van der Waals surface area contributed by atoms with E-state index in [4.69, 9.17) is 0 Å². The van der Waals surface area contributed by atoms with Crippen LogP contribution in [0.15, 0.2) is 42.7 Å². The second-order valence-electron chi connectivity index (χ2n) is 7.00. The first-order valence-corrected chi connectivity index (χ1v) is 8.80. The molecule has 1 aromatic carbocycles. The van der Waals surface area contributed by atoms with E-state index < -0.39 is 5.41 Å². The Labute approximate surface area is 148 Å². The zero-order chi connectivity index (χ0) is 18.0. The number of aromatic nitrogens is 2. The van der Waals surface area contributed by atoms with Crippen molar-refractivity contribution in [3.05, 3.63) is 53.9 Å². The molecule has 1 fully saturated rings. The molecule has 3 rings (SSSR count). The van der Waals surface area contributed by atoms with Crippen molar-refractivity contribution in [3.8, 4) is 0 Å². The Balaban J connectivity index is 1.74. The zero-order valence-corrected chi connectivity index (χ0v) is 15.1. The summed E-state index contributed by atoms with van der Waals surface area (Å²) in [4.78, 5) is 27.1. The number of benzene rings is 1. The normalized spacial score (nSPS) is 18.0. The highest BCUT2D eigenvalue weighted by Crippen LogP contribution is 2.37. The van der Waals surface area contributed by atoms with Crippen LogP contribution in [0.5, 0.6) is 0 Å². The average molecular weight is 339 g/mol. The lowest BCUT2D eigenvalue weighted by atomic mass is 9.70. The Morgan fingerprint density at radius 3 is 2.32 bits per heavy atom. The highest BCUT2D eigenvalue weighted by atomic mass is 16.2. The van der Waals surface area contributed by atoms with Gasteiger partial charge in [0, 0.05) is 19.3 Å². The maximum Gasteiger partial charge on any atom is 0.247 e. The molecule has 1 aliphatic heterocycles. The smallest absolute Gasteiger partial charge is 0.247 e. The number of carbonyl (C=O) groups excluding carboxylic acids is 2. The Hall–Kier alpha value is -2.43. The molecule has 0 radical (unpaired) electrons. The van der Waals surface area contributed by atoms with E-state index in [2.05, 4.69) is 5.10 Å². The van der Waals surface area contributed by atoms with Gasteiger partial charge in [-0.15, -0.1) is 0 Å². The molecule has 0 bridgehead atoms. The third-order valence-corrected chi connectivity index (χ3v) is 5.41. The van der Waals surface area contributed by atoms with Gasteiger partial charge in [0.05, 0.1) is 11.6 Å². The Morgan fingerprint density at radius 1 is 1.16 bits per heavy atom. The molecule has 1 aliphatic rings. The number of piperidine rings is 1. The number of ketones is 1. The summed E-state index contributed by atoms with van der Waals surface area (Å²) in [6.07, 6.45) is 4.98. The van der Waals surface area contributed by atoms with Crippen LogP contribution in [0.4, 0.5) is 0 Å². The van der Waals surface area contributed by atoms with E-state index in [1.54, 1.807) is 17.8 Å². The standard InChI is InChI=1S/C20H25N3O2/c1-15-13-21-23(14-15)16(2)19(25)22-11-9-20(10-12-22,17(3)24)18-7-5-4-6-8-18/h4-8,13-14,16H,9-12H2,1-3H3. The molecule has 0 N–H and O–H groups in total. The Kier molecular flexibility index (Phi) is 4.75. The molecule has 2 heterocycles. The maximum atomic E-state index is 12.8. The van der Waals surface area contributed by atoms with Gasteiger partial charge in [0.1, 0.15) is 11.8 Å². The van der Waals surface area contributed by atoms with Crippen molar-refractivity contribution in [2.24, 2.45) is 0 Å². The van der Waals surface area contributed by atoms with E-state index >= 15 is 0 Å². The van der Waals surface area contributed by atoms with Crippen LogP contribution in [-0.2, 0) is 15.0 Å². The fourth-order valence-corrected chi connectivity index (χ4v) is 3.73. The third-order valence-electron chi connectivity index (χ3n) is 5.41. The van der Waals surface area contributed by atoms with Crippen LogP contribution in [0.1, 0.15) is 43.9 Å². The Bertz CT molecular complexity index is 758. The predicted molar refractivity (Wildman–Crippen MR) is 96.3 cm³/mol. The van der Waals surface area contributed by atoms with E-state index in [-0.39, 0.29) is 17.7 Å². The van der Waals surface area contributed by atoms with Crippen molar-refractivity contribution in [2.75, 3.05) is 13.1 Å². The minimum atomic E-state index is -0.469. The van der Waals surface area contributed by atoms with E-state index in [1.165, 1.54) is 0 Å². The van der Waals surface area contributed by atoms with E-state index in [0.29, 0.717) is 25.9 Å². The zero-order valence-electron chi connectivity index (χ0n) is 15.1. The second-order valence-corrected chi connectivity index (χ2v) is 7.00. The molecule has 0 spiro atoms. The number of aryl methyl sites for hydroxylation is 1. The quantitative estimate of drug-likeness (QED) is 0.861. The first-order chi connectivity index (χ1) is 11.9. The predicted octanol–water partition coefficient (Wildman–Crippen LogP) is 2.90. The first kappa shape index (κ1) is 17.4. The lowest BCUT2D eigenvalue weighted by Gasteiger charge is -2.41. The largest absolute Gasteiger partial charge is 0.341 e. The topological polar surface area (TPSA) is 55.2 Å². The molecule has 1 amide bonds. The molecular weight excluding hydrogens is 314 g/mol. The van der Waals surface area contributed by atoms with Gasteiger partial charge in [-0.2, -0.15) is 5.10 Å². The van der Waals surface area contributed by atoms with Crippen molar-refractivity contribution in [1.29, 1.82) is 0 Å².